The quantitative estimate of drug-likeness (QED) is 0.917. The van der Waals surface area contributed by atoms with Crippen LogP contribution in [0.3, 0.4) is 0 Å². The summed E-state index contributed by atoms with van der Waals surface area (Å²) in [6, 6.07) is 5.79. The maximum atomic E-state index is 13.6. The van der Waals surface area contributed by atoms with E-state index in [1.165, 1.54) is 17.2 Å². The van der Waals surface area contributed by atoms with Crippen LogP contribution in [0.1, 0.15) is 23.7 Å². The maximum Gasteiger partial charge on any atom is 0.305 e. The largest absolute Gasteiger partial charge is 0.481 e. The van der Waals surface area contributed by atoms with Crippen molar-refractivity contribution in [1.29, 1.82) is 0 Å². The van der Waals surface area contributed by atoms with Gasteiger partial charge in [-0.3, -0.25) is 14.6 Å². The Bertz CT molecular complexity index is 688. The number of benzene rings is 1. The monoisotopic (exact) mass is 290 g/mol. The van der Waals surface area contributed by atoms with Gasteiger partial charge in [0.1, 0.15) is 5.82 Å². The number of nitrogens with zero attached hydrogens (tertiary/aromatic N) is 2. The zero-order valence-electron chi connectivity index (χ0n) is 11.5. The fourth-order valence-corrected chi connectivity index (χ4v) is 2.12. The Hall–Kier alpha value is -2.50. The Morgan fingerprint density at radius 3 is 2.81 bits per heavy atom. The fourth-order valence-electron chi connectivity index (χ4n) is 2.12. The third kappa shape index (κ3) is 3.34. The van der Waals surface area contributed by atoms with Gasteiger partial charge in [0.25, 0.3) is 5.91 Å². The lowest BCUT2D eigenvalue weighted by molar-refractivity contribution is -0.137. The molecule has 5 nitrogen and oxygen atoms in total. The number of hydrogen-bond acceptors (Lipinski definition) is 3. The molecule has 0 radical (unpaired) electrons. The molecule has 0 bridgehead atoms. The van der Waals surface area contributed by atoms with Gasteiger partial charge in [0.2, 0.25) is 0 Å². The molecule has 110 valence electrons. The molecule has 6 heteroatoms. The molecule has 1 aromatic heterocycles. The first-order chi connectivity index (χ1) is 10.0. The van der Waals surface area contributed by atoms with E-state index in [1.807, 2.05) is 0 Å². The van der Waals surface area contributed by atoms with Crippen molar-refractivity contribution >= 4 is 22.8 Å². The fraction of sp³-hybridized carbons (Fsp3) is 0.267. The van der Waals surface area contributed by atoms with Crippen molar-refractivity contribution < 1.29 is 19.1 Å². The number of hydrogen-bond donors (Lipinski definition) is 1. The summed E-state index contributed by atoms with van der Waals surface area (Å²) in [5, 5.41) is 9.25. The minimum atomic E-state index is -0.983. The molecule has 0 saturated carbocycles. The molecule has 21 heavy (non-hydrogen) atoms. The molecule has 1 N–H and O–H groups in total. The summed E-state index contributed by atoms with van der Waals surface area (Å²) in [5.41, 5.74) is 0.565. The lowest BCUT2D eigenvalue weighted by atomic mass is 10.1. The Morgan fingerprint density at radius 1 is 1.38 bits per heavy atom. The van der Waals surface area contributed by atoms with Crippen molar-refractivity contribution in [2.75, 3.05) is 13.1 Å². The average Bonchev–Trinajstić information content (AvgIpc) is 2.46. The number of amides is 1. The van der Waals surface area contributed by atoms with E-state index in [0.717, 1.165) is 6.07 Å². The van der Waals surface area contributed by atoms with E-state index in [9.17, 15) is 14.0 Å². The lowest BCUT2D eigenvalue weighted by Gasteiger charge is -2.20. The Kier molecular flexibility index (Phi) is 4.47. The van der Waals surface area contributed by atoms with Gasteiger partial charge < -0.3 is 10.0 Å². The highest BCUT2D eigenvalue weighted by molar-refractivity contribution is 6.05. The Balaban J connectivity index is 2.39. The summed E-state index contributed by atoms with van der Waals surface area (Å²) in [6.45, 7) is 2.17. The first-order valence-electron chi connectivity index (χ1n) is 6.58. The summed E-state index contributed by atoms with van der Waals surface area (Å²) in [4.78, 5) is 28.6. The highest BCUT2D eigenvalue weighted by Crippen LogP contribution is 2.20. The van der Waals surface area contributed by atoms with Crippen LogP contribution in [0.4, 0.5) is 4.39 Å². The van der Waals surface area contributed by atoms with E-state index in [-0.39, 0.29) is 18.5 Å². The van der Waals surface area contributed by atoms with Crippen LogP contribution in [0.2, 0.25) is 0 Å². The number of carbonyl (C=O) groups is 2. The number of aromatic nitrogens is 1. The molecule has 0 aliphatic heterocycles. The number of fused-ring (bicyclic) bond motifs is 1. The van der Waals surface area contributed by atoms with E-state index in [0.29, 0.717) is 17.4 Å². The van der Waals surface area contributed by atoms with Gasteiger partial charge in [0.15, 0.2) is 0 Å². The number of carboxylic acids is 1. The Labute approximate surface area is 121 Å². The zero-order valence-corrected chi connectivity index (χ0v) is 11.5. The predicted molar refractivity (Wildman–Crippen MR) is 75.5 cm³/mol. The summed E-state index contributed by atoms with van der Waals surface area (Å²) in [6.07, 6.45) is 1.38. The smallest absolute Gasteiger partial charge is 0.305 e. The molecule has 1 amide bonds. The minimum Gasteiger partial charge on any atom is -0.481 e. The van der Waals surface area contributed by atoms with Crippen LogP contribution in [0.15, 0.2) is 30.5 Å². The average molecular weight is 290 g/mol. The number of carbonyl (C=O) groups excluding carboxylic acids is 1. The number of carboxylic acid groups (broad SMARTS) is 1. The van der Waals surface area contributed by atoms with Crippen molar-refractivity contribution in [3.63, 3.8) is 0 Å². The molecule has 1 aromatic carbocycles. The van der Waals surface area contributed by atoms with Crippen molar-refractivity contribution in [2.45, 2.75) is 13.3 Å². The number of aliphatic carboxylic acids is 1. The summed E-state index contributed by atoms with van der Waals surface area (Å²) in [5.74, 6) is -1.92. The van der Waals surface area contributed by atoms with E-state index in [4.69, 9.17) is 5.11 Å². The number of halogens is 1. The van der Waals surface area contributed by atoms with Gasteiger partial charge in [-0.05, 0) is 25.1 Å². The number of pyridine rings is 1. The summed E-state index contributed by atoms with van der Waals surface area (Å²) < 4.78 is 13.6. The molecule has 0 atom stereocenters. The number of rotatable bonds is 5. The molecule has 0 aliphatic rings. The second-order valence-corrected chi connectivity index (χ2v) is 4.56. The van der Waals surface area contributed by atoms with Gasteiger partial charge in [-0.15, -0.1) is 0 Å². The van der Waals surface area contributed by atoms with E-state index >= 15 is 0 Å². The molecule has 0 unspecified atom stereocenters. The first kappa shape index (κ1) is 14.9. The molecular weight excluding hydrogens is 275 g/mol. The SMILES string of the molecule is CCN(CCC(=O)O)C(=O)c1cc(F)cc2cccnc12. The lowest BCUT2D eigenvalue weighted by Crippen LogP contribution is -2.33. The summed E-state index contributed by atoms with van der Waals surface area (Å²) >= 11 is 0. The highest BCUT2D eigenvalue weighted by Gasteiger charge is 2.19. The normalized spacial score (nSPS) is 10.6. The van der Waals surface area contributed by atoms with Gasteiger partial charge in [0, 0.05) is 24.7 Å². The molecule has 2 aromatic rings. The predicted octanol–water partition coefficient (Wildman–Crippen LogP) is 2.31. The summed E-state index contributed by atoms with van der Waals surface area (Å²) in [7, 11) is 0. The van der Waals surface area contributed by atoms with Crippen LogP contribution in [-0.2, 0) is 4.79 Å². The second kappa shape index (κ2) is 6.30. The molecule has 0 fully saturated rings. The van der Waals surface area contributed by atoms with Crippen molar-refractivity contribution in [3.05, 3.63) is 41.8 Å². The van der Waals surface area contributed by atoms with Crippen molar-refractivity contribution in [3.8, 4) is 0 Å². The van der Waals surface area contributed by atoms with E-state index in [2.05, 4.69) is 4.98 Å². The van der Waals surface area contributed by atoms with Crippen molar-refractivity contribution in [2.24, 2.45) is 0 Å². The first-order valence-corrected chi connectivity index (χ1v) is 6.58. The van der Waals surface area contributed by atoms with Gasteiger partial charge in [-0.1, -0.05) is 6.07 Å². The second-order valence-electron chi connectivity index (χ2n) is 4.56. The standard InChI is InChI=1S/C15H15FN2O3/c1-2-18(7-5-13(19)20)15(21)12-9-11(16)8-10-4-3-6-17-14(10)12/h3-4,6,8-9H,2,5,7H2,1H3,(H,19,20). The van der Waals surface area contributed by atoms with Gasteiger partial charge in [0.05, 0.1) is 17.5 Å². The zero-order chi connectivity index (χ0) is 15.4. The molecule has 0 saturated heterocycles. The van der Waals surface area contributed by atoms with Crippen LogP contribution in [-0.4, -0.2) is 40.0 Å². The topological polar surface area (TPSA) is 70.5 Å². The van der Waals surface area contributed by atoms with Crippen LogP contribution >= 0.6 is 0 Å². The van der Waals surface area contributed by atoms with Crippen LogP contribution < -0.4 is 0 Å². The van der Waals surface area contributed by atoms with E-state index < -0.39 is 17.7 Å². The highest BCUT2D eigenvalue weighted by atomic mass is 19.1. The van der Waals surface area contributed by atoms with Gasteiger partial charge in [-0.25, -0.2) is 4.39 Å². The molecular formula is C15H15FN2O3. The maximum absolute atomic E-state index is 13.6. The molecule has 0 aliphatic carbocycles. The van der Waals surface area contributed by atoms with Gasteiger partial charge in [-0.2, -0.15) is 0 Å². The molecule has 2 rings (SSSR count). The third-order valence-corrected chi connectivity index (χ3v) is 3.16. The van der Waals surface area contributed by atoms with E-state index in [1.54, 1.807) is 19.1 Å². The molecule has 1 heterocycles. The minimum absolute atomic E-state index is 0.0789. The van der Waals surface area contributed by atoms with Gasteiger partial charge >= 0.3 is 5.97 Å². The Morgan fingerprint density at radius 2 is 2.14 bits per heavy atom. The van der Waals surface area contributed by atoms with Crippen LogP contribution in [0, 0.1) is 5.82 Å². The molecule has 0 spiro atoms. The van der Waals surface area contributed by atoms with Crippen LogP contribution in [0.5, 0.6) is 0 Å². The van der Waals surface area contributed by atoms with Crippen LogP contribution in [0.25, 0.3) is 10.9 Å². The third-order valence-electron chi connectivity index (χ3n) is 3.16. The van der Waals surface area contributed by atoms with Crippen molar-refractivity contribution in [1.82, 2.24) is 9.88 Å².